The van der Waals surface area contributed by atoms with Crippen LogP contribution in [0.5, 0.6) is 0 Å². The topological polar surface area (TPSA) is 122 Å². The smallest absolute Gasteiger partial charge is 0.325 e. The number of benzene rings is 1. The van der Waals surface area contributed by atoms with Gasteiger partial charge >= 0.3 is 5.97 Å². The van der Waals surface area contributed by atoms with Gasteiger partial charge in [0.15, 0.2) is 0 Å². The van der Waals surface area contributed by atoms with Crippen LogP contribution in [0.15, 0.2) is 23.1 Å². The summed E-state index contributed by atoms with van der Waals surface area (Å²) in [6.45, 7) is 1.39. The predicted octanol–water partition coefficient (Wildman–Crippen LogP) is 0.346. The molecule has 1 atom stereocenters. The van der Waals surface area contributed by atoms with Crippen molar-refractivity contribution >= 4 is 32.9 Å². The molecule has 0 aliphatic heterocycles. The van der Waals surface area contributed by atoms with Crippen LogP contribution >= 0.6 is 0 Å². The van der Waals surface area contributed by atoms with Gasteiger partial charge in [-0.05, 0) is 25.1 Å². The SMILES string of the molecule is C[C@@H](NC(=O)CCc1nc2cc(S(=O)(=O)N(C)C)ccc2n1C)C(=O)O. The number of carboxylic acids is 1. The molecule has 1 aromatic heterocycles. The molecule has 0 aliphatic rings. The van der Waals surface area contributed by atoms with Gasteiger partial charge in [0.1, 0.15) is 11.9 Å². The molecule has 1 amide bonds. The lowest BCUT2D eigenvalue weighted by molar-refractivity contribution is -0.141. The molecule has 2 N–H and O–H groups in total. The maximum Gasteiger partial charge on any atom is 0.325 e. The normalized spacial score (nSPS) is 13.1. The number of carbonyl (C=O) groups is 2. The van der Waals surface area contributed by atoms with E-state index in [2.05, 4.69) is 10.3 Å². The number of imidazole rings is 1. The number of hydrogen-bond acceptors (Lipinski definition) is 5. The maximum absolute atomic E-state index is 12.2. The molecule has 1 aromatic carbocycles. The zero-order valence-electron chi connectivity index (χ0n) is 15.1. The molecule has 2 aromatic rings. The molecule has 2 rings (SSSR count). The van der Waals surface area contributed by atoms with Gasteiger partial charge in [0, 0.05) is 34.0 Å². The van der Waals surface area contributed by atoms with Crippen molar-refractivity contribution in [3.8, 4) is 0 Å². The Morgan fingerprint density at radius 2 is 2.00 bits per heavy atom. The van der Waals surface area contributed by atoms with E-state index in [0.29, 0.717) is 17.8 Å². The molecular formula is C16H22N4O5S. The van der Waals surface area contributed by atoms with Crippen molar-refractivity contribution in [3.63, 3.8) is 0 Å². The summed E-state index contributed by atoms with van der Waals surface area (Å²) in [5.41, 5.74) is 1.27. The molecule has 26 heavy (non-hydrogen) atoms. The van der Waals surface area contributed by atoms with E-state index in [4.69, 9.17) is 5.11 Å². The number of hydrogen-bond donors (Lipinski definition) is 2. The van der Waals surface area contributed by atoms with Crippen LogP contribution in [0.3, 0.4) is 0 Å². The molecular weight excluding hydrogens is 360 g/mol. The Hall–Kier alpha value is -2.46. The Bertz CT molecular complexity index is 949. The molecule has 0 bridgehead atoms. The highest BCUT2D eigenvalue weighted by molar-refractivity contribution is 7.89. The van der Waals surface area contributed by atoms with Gasteiger partial charge in [-0.1, -0.05) is 0 Å². The van der Waals surface area contributed by atoms with E-state index in [9.17, 15) is 18.0 Å². The first-order valence-corrected chi connectivity index (χ1v) is 9.38. The zero-order valence-corrected chi connectivity index (χ0v) is 15.9. The molecule has 0 radical (unpaired) electrons. The van der Waals surface area contributed by atoms with Gasteiger partial charge in [0.2, 0.25) is 15.9 Å². The molecule has 10 heteroatoms. The van der Waals surface area contributed by atoms with Crippen molar-refractivity contribution in [1.82, 2.24) is 19.2 Å². The van der Waals surface area contributed by atoms with Crippen LogP contribution in [0, 0.1) is 0 Å². The first-order chi connectivity index (χ1) is 12.0. The van der Waals surface area contributed by atoms with Gasteiger partial charge in [-0.25, -0.2) is 17.7 Å². The van der Waals surface area contributed by atoms with E-state index in [1.54, 1.807) is 17.7 Å². The maximum atomic E-state index is 12.2. The van der Waals surface area contributed by atoms with Crippen LogP contribution in [0.25, 0.3) is 11.0 Å². The number of aryl methyl sites for hydroxylation is 2. The number of nitrogens with one attached hydrogen (secondary N) is 1. The average molecular weight is 382 g/mol. The van der Waals surface area contributed by atoms with Crippen LogP contribution in [0.4, 0.5) is 0 Å². The number of amides is 1. The summed E-state index contributed by atoms with van der Waals surface area (Å²) in [6.07, 6.45) is 0.386. The number of aromatic nitrogens is 2. The summed E-state index contributed by atoms with van der Waals surface area (Å²) in [4.78, 5) is 27.1. The average Bonchev–Trinajstić information content (AvgIpc) is 2.88. The summed E-state index contributed by atoms with van der Waals surface area (Å²) in [5.74, 6) is -0.879. The van der Waals surface area contributed by atoms with Crippen LogP contribution in [-0.4, -0.2) is 59.4 Å². The van der Waals surface area contributed by atoms with E-state index >= 15 is 0 Å². The van der Waals surface area contributed by atoms with Gasteiger partial charge in [-0.15, -0.1) is 0 Å². The van der Waals surface area contributed by atoms with E-state index in [1.807, 2.05) is 0 Å². The van der Waals surface area contributed by atoms with Gasteiger partial charge in [0.25, 0.3) is 0 Å². The van der Waals surface area contributed by atoms with Gasteiger partial charge < -0.3 is 15.0 Å². The third kappa shape index (κ3) is 4.02. The van der Waals surface area contributed by atoms with Crippen molar-refractivity contribution in [2.24, 2.45) is 7.05 Å². The minimum Gasteiger partial charge on any atom is -0.480 e. The molecule has 142 valence electrons. The van der Waals surface area contributed by atoms with Crippen LogP contribution < -0.4 is 5.32 Å². The minimum absolute atomic E-state index is 0.0810. The quantitative estimate of drug-likeness (QED) is 0.712. The number of sulfonamides is 1. The van der Waals surface area contributed by atoms with E-state index in [-0.39, 0.29) is 17.2 Å². The largest absolute Gasteiger partial charge is 0.480 e. The Balaban J connectivity index is 2.21. The Kier molecular flexibility index (Phi) is 5.67. The van der Waals surface area contributed by atoms with Crippen molar-refractivity contribution in [3.05, 3.63) is 24.0 Å². The Morgan fingerprint density at radius 3 is 2.58 bits per heavy atom. The molecule has 0 saturated heterocycles. The summed E-state index contributed by atoms with van der Waals surface area (Å²) >= 11 is 0. The minimum atomic E-state index is -3.55. The van der Waals surface area contributed by atoms with Crippen molar-refractivity contribution in [1.29, 1.82) is 0 Å². The lowest BCUT2D eigenvalue weighted by Crippen LogP contribution is -2.38. The lowest BCUT2D eigenvalue weighted by Gasteiger charge is -2.11. The number of aliphatic carboxylic acids is 1. The van der Waals surface area contributed by atoms with Gasteiger partial charge in [0.05, 0.1) is 15.9 Å². The fourth-order valence-electron chi connectivity index (χ4n) is 2.43. The predicted molar refractivity (Wildman–Crippen MR) is 95.1 cm³/mol. The van der Waals surface area contributed by atoms with Crippen molar-refractivity contribution in [2.45, 2.75) is 30.7 Å². The molecule has 0 aliphatic carbocycles. The molecule has 9 nitrogen and oxygen atoms in total. The molecule has 0 saturated carbocycles. The van der Waals surface area contributed by atoms with Crippen LogP contribution in [0.1, 0.15) is 19.2 Å². The second kappa shape index (κ2) is 7.42. The number of fused-ring (bicyclic) bond motifs is 1. The monoisotopic (exact) mass is 382 g/mol. The number of nitrogens with zero attached hydrogens (tertiary/aromatic N) is 3. The summed E-state index contributed by atoms with van der Waals surface area (Å²) in [7, 11) is 1.14. The van der Waals surface area contributed by atoms with Crippen molar-refractivity contribution in [2.75, 3.05) is 14.1 Å². The second-order valence-electron chi connectivity index (χ2n) is 6.15. The van der Waals surface area contributed by atoms with E-state index < -0.39 is 22.0 Å². The van der Waals surface area contributed by atoms with Gasteiger partial charge in [-0.2, -0.15) is 0 Å². The summed E-state index contributed by atoms with van der Waals surface area (Å²) in [5, 5.41) is 11.2. The fraction of sp³-hybridized carbons (Fsp3) is 0.438. The second-order valence-corrected chi connectivity index (χ2v) is 8.30. The molecule has 0 fully saturated rings. The first-order valence-electron chi connectivity index (χ1n) is 7.94. The highest BCUT2D eigenvalue weighted by Crippen LogP contribution is 2.21. The fourth-order valence-corrected chi connectivity index (χ4v) is 3.35. The van der Waals surface area contributed by atoms with E-state index in [0.717, 1.165) is 9.82 Å². The highest BCUT2D eigenvalue weighted by atomic mass is 32.2. The number of rotatable bonds is 7. The molecule has 0 unspecified atom stereocenters. The highest BCUT2D eigenvalue weighted by Gasteiger charge is 2.19. The van der Waals surface area contributed by atoms with Crippen LogP contribution in [0.2, 0.25) is 0 Å². The number of carbonyl (C=O) groups excluding carboxylic acids is 1. The zero-order chi connectivity index (χ0) is 19.6. The lowest BCUT2D eigenvalue weighted by atomic mass is 10.2. The Labute approximate surface area is 151 Å². The van der Waals surface area contributed by atoms with E-state index in [1.165, 1.54) is 33.2 Å². The summed E-state index contributed by atoms with van der Waals surface area (Å²) < 4.78 is 27.4. The molecule has 0 spiro atoms. The standard InChI is InChI=1S/C16H22N4O5S/c1-10(16(22)23)17-15(21)8-7-14-18-12-9-11(26(24,25)19(2)3)5-6-13(12)20(14)4/h5-6,9-10H,7-8H2,1-4H3,(H,17,21)(H,22,23)/t10-/m1/s1. The van der Waals surface area contributed by atoms with Crippen molar-refractivity contribution < 1.29 is 23.1 Å². The van der Waals surface area contributed by atoms with Gasteiger partial charge in [-0.3, -0.25) is 9.59 Å². The number of carboxylic acid groups (broad SMARTS) is 1. The third-order valence-electron chi connectivity index (χ3n) is 4.05. The Morgan fingerprint density at radius 1 is 1.35 bits per heavy atom. The first kappa shape index (κ1) is 19.9. The third-order valence-corrected chi connectivity index (χ3v) is 5.86. The van der Waals surface area contributed by atoms with Crippen LogP contribution in [-0.2, 0) is 33.1 Å². The summed E-state index contributed by atoms with van der Waals surface area (Å²) in [6, 6.07) is 3.74. The molecule has 1 heterocycles.